The van der Waals surface area contributed by atoms with Crippen LogP contribution in [0.3, 0.4) is 0 Å². The first kappa shape index (κ1) is 13.8. The van der Waals surface area contributed by atoms with E-state index in [1.54, 1.807) is 6.07 Å². The Kier molecular flexibility index (Phi) is 3.14. The lowest BCUT2D eigenvalue weighted by molar-refractivity contribution is 0.373. The Morgan fingerprint density at radius 2 is 1.77 bits per heavy atom. The summed E-state index contributed by atoms with van der Waals surface area (Å²) in [5, 5.41) is 28.9. The van der Waals surface area contributed by atoms with Crippen LogP contribution in [0.2, 0.25) is 0 Å². The van der Waals surface area contributed by atoms with E-state index < -0.39 is 5.75 Å². The number of fused-ring (bicyclic) bond motifs is 1. The summed E-state index contributed by atoms with van der Waals surface area (Å²) in [5.41, 5.74) is 0.289. The topological polar surface area (TPSA) is 100 Å². The standard InChI is InChI=1S/C16H12O6/c1-21-13-6-8(2-4-11(13)17)10-7-22-16-9(14(10)19)3-5-12(18)15(16)20/h2-7,17-18,20H,1H3. The van der Waals surface area contributed by atoms with Crippen LogP contribution in [0.25, 0.3) is 22.1 Å². The third-order valence-corrected chi connectivity index (χ3v) is 3.38. The molecule has 0 atom stereocenters. The summed E-state index contributed by atoms with van der Waals surface area (Å²) in [6, 6.07) is 7.06. The summed E-state index contributed by atoms with van der Waals surface area (Å²) in [6.45, 7) is 0. The van der Waals surface area contributed by atoms with Crippen molar-refractivity contribution in [1.29, 1.82) is 0 Å². The molecule has 3 N–H and O–H groups in total. The first-order chi connectivity index (χ1) is 10.5. The highest BCUT2D eigenvalue weighted by Crippen LogP contribution is 2.34. The molecular formula is C16H12O6. The highest BCUT2D eigenvalue weighted by Gasteiger charge is 2.15. The lowest BCUT2D eigenvalue weighted by atomic mass is 10.0. The zero-order valence-electron chi connectivity index (χ0n) is 11.5. The molecule has 0 amide bonds. The van der Waals surface area contributed by atoms with Crippen LogP contribution in [0.15, 0.2) is 45.8 Å². The van der Waals surface area contributed by atoms with Crippen LogP contribution in [0.5, 0.6) is 23.0 Å². The number of hydrogen-bond acceptors (Lipinski definition) is 6. The molecule has 6 heteroatoms. The number of aromatic hydroxyl groups is 3. The molecule has 0 fully saturated rings. The Bertz CT molecular complexity index is 926. The van der Waals surface area contributed by atoms with Crippen molar-refractivity contribution in [3.63, 3.8) is 0 Å². The summed E-state index contributed by atoms with van der Waals surface area (Å²) < 4.78 is 10.3. The minimum absolute atomic E-state index is 0.0426. The number of rotatable bonds is 2. The molecule has 6 nitrogen and oxygen atoms in total. The highest BCUT2D eigenvalue weighted by atomic mass is 16.5. The second kappa shape index (κ2) is 5.00. The molecule has 1 heterocycles. The normalized spacial score (nSPS) is 10.8. The second-order valence-electron chi connectivity index (χ2n) is 4.68. The van der Waals surface area contributed by atoms with Crippen molar-refractivity contribution in [2.45, 2.75) is 0 Å². The molecule has 0 aliphatic rings. The van der Waals surface area contributed by atoms with Gasteiger partial charge in [-0.05, 0) is 29.8 Å². The Labute approximate surface area is 124 Å². The van der Waals surface area contributed by atoms with Gasteiger partial charge in [0.1, 0.15) is 6.26 Å². The number of hydrogen-bond donors (Lipinski definition) is 3. The third kappa shape index (κ3) is 2.01. The van der Waals surface area contributed by atoms with E-state index >= 15 is 0 Å². The van der Waals surface area contributed by atoms with E-state index in [0.29, 0.717) is 5.56 Å². The van der Waals surface area contributed by atoms with Gasteiger partial charge >= 0.3 is 0 Å². The van der Waals surface area contributed by atoms with Crippen LogP contribution in [0, 0.1) is 0 Å². The van der Waals surface area contributed by atoms with Gasteiger partial charge in [0.25, 0.3) is 0 Å². The molecule has 2 aromatic carbocycles. The fourth-order valence-corrected chi connectivity index (χ4v) is 2.22. The Hall–Kier alpha value is -3.15. The summed E-state index contributed by atoms with van der Waals surface area (Å²) in [4.78, 5) is 12.5. The van der Waals surface area contributed by atoms with Crippen LogP contribution in [-0.2, 0) is 0 Å². The van der Waals surface area contributed by atoms with E-state index in [0.717, 1.165) is 0 Å². The largest absolute Gasteiger partial charge is 0.504 e. The van der Waals surface area contributed by atoms with Crippen LogP contribution in [0.4, 0.5) is 0 Å². The summed E-state index contributed by atoms with van der Waals surface area (Å²) >= 11 is 0. The fourth-order valence-electron chi connectivity index (χ4n) is 2.22. The Morgan fingerprint density at radius 3 is 2.50 bits per heavy atom. The number of methoxy groups -OCH3 is 1. The molecule has 0 spiro atoms. The molecule has 0 unspecified atom stereocenters. The van der Waals surface area contributed by atoms with E-state index in [1.165, 1.54) is 37.6 Å². The van der Waals surface area contributed by atoms with Gasteiger partial charge < -0.3 is 24.5 Å². The maximum absolute atomic E-state index is 12.5. The average Bonchev–Trinajstić information content (AvgIpc) is 2.52. The first-order valence-corrected chi connectivity index (χ1v) is 6.36. The van der Waals surface area contributed by atoms with E-state index in [9.17, 15) is 20.1 Å². The SMILES string of the molecule is COc1cc(-c2coc3c(O)c(O)ccc3c2=O)ccc1O. The highest BCUT2D eigenvalue weighted by molar-refractivity contribution is 5.87. The van der Waals surface area contributed by atoms with Crippen molar-refractivity contribution in [1.82, 2.24) is 0 Å². The molecule has 0 radical (unpaired) electrons. The van der Waals surface area contributed by atoms with Crippen molar-refractivity contribution in [3.8, 4) is 34.1 Å². The Morgan fingerprint density at radius 1 is 1.05 bits per heavy atom. The number of benzene rings is 2. The summed E-state index contributed by atoms with van der Waals surface area (Å²) in [5.74, 6) is -0.663. The average molecular weight is 300 g/mol. The molecule has 0 saturated heterocycles. The zero-order valence-corrected chi connectivity index (χ0v) is 11.5. The monoisotopic (exact) mass is 300 g/mol. The third-order valence-electron chi connectivity index (χ3n) is 3.38. The molecule has 0 saturated carbocycles. The van der Waals surface area contributed by atoms with Gasteiger partial charge in [0, 0.05) is 0 Å². The van der Waals surface area contributed by atoms with Gasteiger partial charge in [-0.1, -0.05) is 6.07 Å². The van der Waals surface area contributed by atoms with Crippen LogP contribution < -0.4 is 10.2 Å². The van der Waals surface area contributed by atoms with Gasteiger partial charge in [0.2, 0.25) is 11.2 Å². The number of phenolic OH excluding ortho intramolecular Hbond substituents is 3. The molecule has 112 valence electrons. The second-order valence-corrected chi connectivity index (χ2v) is 4.68. The maximum atomic E-state index is 12.5. The van der Waals surface area contributed by atoms with Crippen LogP contribution in [0.1, 0.15) is 0 Å². The van der Waals surface area contributed by atoms with Crippen molar-refractivity contribution in [2.75, 3.05) is 7.11 Å². The minimum atomic E-state index is -0.482. The van der Waals surface area contributed by atoms with Crippen molar-refractivity contribution >= 4 is 11.0 Å². The zero-order chi connectivity index (χ0) is 15.9. The van der Waals surface area contributed by atoms with E-state index in [1.807, 2.05) is 0 Å². The Balaban J connectivity index is 2.27. The van der Waals surface area contributed by atoms with Crippen molar-refractivity contribution < 1.29 is 24.5 Å². The van der Waals surface area contributed by atoms with Gasteiger partial charge in [0.05, 0.1) is 18.1 Å². The molecule has 3 aromatic rings. The van der Waals surface area contributed by atoms with Crippen LogP contribution in [-0.4, -0.2) is 22.4 Å². The van der Waals surface area contributed by atoms with E-state index in [-0.39, 0.29) is 39.2 Å². The van der Waals surface area contributed by atoms with Gasteiger partial charge in [-0.25, -0.2) is 0 Å². The van der Waals surface area contributed by atoms with Gasteiger partial charge in [0.15, 0.2) is 22.8 Å². The van der Waals surface area contributed by atoms with E-state index in [4.69, 9.17) is 9.15 Å². The number of ether oxygens (including phenoxy) is 1. The molecule has 1 aromatic heterocycles. The van der Waals surface area contributed by atoms with Gasteiger partial charge in [-0.3, -0.25) is 4.79 Å². The fraction of sp³-hybridized carbons (Fsp3) is 0.0625. The predicted molar refractivity (Wildman–Crippen MR) is 79.5 cm³/mol. The molecule has 22 heavy (non-hydrogen) atoms. The molecule has 0 aliphatic carbocycles. The van der Waals surface area contributed by atoms with E-state index in [2.05, 4.69) is 0 Å². The predicted octanol–water partition coefficient (Wildman–Crippen LogP) is 2.59. The van der Waals surface area contributed by atoms with Gasteiger partial charge in [-0.2, -0.15) is 0 Å². The maximum Gasteiger partial charge on any atom is 0.201 e. The molecule has 3 rings (SSSR count). The summed E-state index contributed by atoms with van der Waals surface area (Å²) in [6.07, 6.45) is 1.19. The van der Waals surface area contributed by atoms with Crippen molar-refractivity contribution in [3.05, 3.63) is 46.8 Å². The smallest absolute Gasteiger partial charge is 0.201 e. The van der Waals surface area contributed by atoms with Crippen molar-refractivity contribution in [2.24, 2.45) is 0 Å². The molecule has 0 bridgehead atoms. The lowest BCUT2D eigenvalue weighted by Crippen LogP contribution is -2.04. The quantitative estimate of drug-likeness (QED) is 0.629. The first-order valence-electron chi connectivity index (χ1n) is 6.36. The van der Waals surface area contributed by atoms with Gasteiger partial charge in [-0.15, -0.1) is 0 Å². The number of phenols is 3. The lowest BCUT2D eigenvalue weighted by Gasteiger charge is -2.07. The van der Waals surface area contributed by atoms with Crippen LogP contribution >= 0.6 is 0 Å². The summed E-state index contributed by atoms with van der Waals surface area (Å²) in [7, 11) is 1.41. The molecule has 0 aliphatic heterocycles. The molecular weight excluding hydrogens is 288 g/mol. The minimum Gasteiger partial charge on any atom is -0.504 e.